The van der Waals surface area contributed by atoms with Crippen molar-refractivity contribution < 1.29 is 0 Å². The molecule has 1 saturated heterocycles. The van der Waals surface area contributed by atoms with E-state index in [1.54, 1.807) is 5.56 Å². The van der Waals surface area contributed by atoms with Crippen molar-refractivity contribution in [2.45, 2.75) is 31.7 Å². The number of fused-ring (bicyclic) bond motifs is 4. The lowest BCUT2D eigenvalue weighted by Gasteiger charge is -2.42. The highest BCUT2D eigenvalue weighted by Crippen LogP contribution is 2.42. The van der Waals surface area contributed by atoms with E-state index in [0.717, 1.165) is 5.92 Å². The van der Waals surface area contributed by atoms with Crippen molar-refractivity contribution in [1.29, 1.82) is 0 Å². The number of nitrogens with zero attached hydrogens (tertiary/aromatic N) is 1. The van der Waals surface area contributed by atoms with Gasteiger partial charge < -0.3 is 4.90 Å². The zero-order chi connectivity index (χ0) is 10.4. The van der Waals surface area contributed by atoms with Crippen LogP contribution < -0.4 is 0 Å². The topological polar surface area (TPSA) is 3.24 Å². The van der Waals surface area contributed by atoms with Crippen LogP contribution in [-0.2, 0) is 0 Å². The molecule has 1 heteroatoms. The summed E-state index contributed by atoms with van der Waals surface area (Å²) in [5.41, 5.74) is 4.50. The van der Waals surface area contributed by atoms with Crippen molar-refractivity contribution in [1.82, 2.24) is 4.90 Å². The maximum atomic E-state index is 2.44. The summed E-state index contributed by atoms with van der Waals surface area (Å²) in [5, 5.41) is 0. The molecule has 0 saturated carbocycles. The molecule has 1 nitrogen and oxygen atoms in total. The van der Waals surface area contributed by atoms with Gasteiger partial charge in [-0.3, -0.25) is 0 Å². The molecule has 0 radical (unpaired) electrons. The van der Waals surface area contributed by atoms with Crippen LogP contribution in [0, 0.1) is 0 Å². The number of rotatable bonds is 0. The predicted molar refractivity (Wildman–Crippen MR) is 63.6 cm³/mol. The normalized spacial score (nSPS) is 28.4. The Morgan fingerprint density at radius 1 is 1.27 bits per heavy atom. The number of piperidine rings is 1. The van der Waals surface area contributed by atoms with Crippen molar-refractivity contribution in [3.8, 4) is 0 Å². The molecule has 1 heterocycles. The molecule has 2 bridgehead atoms. The smallest absolute Gasteiger partial charge is 0.0261 e. The Morgan fingerprint density at radius 3 is 2.93 bits per heavy atom. The fourth-order valence-corrected chi connectivity index (χ4v) is 2.92. The summed E-state index contributed by atoms with van der Waals surface area (Å²) >= 11 is 0. The fraction of sp³-hybridized carbons (Fsp3) is 0.429. The molecule has 1 aliphatic heterocycles. The molecule has 0 spiro atoms. The number of benzene rings is 1. The Labute approximate surface area is 91.4 Å². The highest BCUT2D eigenvalue weighted by atomic mass is 15.1. The monoisotopic (exact) mass is 199 g/mol. The van der Waals surface area contributed by atoms with Crippen molar-refractivity contribution in [3.05, 3.63) is 41.1 Å². The summed E-state index contributed by atoms with van der Waals surface area (Å²) in [6, 6.07) is 9.53. The van der Waals surface area contributed by atoms with E-state index < -0.39 is 0 Å². The molecule has 1 aliphatic carbocycles. The summed E-state index contributed by atoms with van der Waals surface area (Å²) in [7, 11) is 2.22. The molecule has 0 aromatic heterocycles. The molecule has 1 aromatic carbocycles. The second-order valence-corrected chi connectivity index (χ2v) is 4.86. The van der Waals surface area contributed by atoms with Crippen LogP contribution in [0.4, 0.5) is 0 Å². The molecule has 15 heavy (non-hydrogen) atoms. The number of likely N-dealkylation sites (tertiary alicyclic amines) is 1. The first-order valence-corrected chi connectivity index (χ1v) is 5.78. The van der Waals surface area contributed by atoms with E-state index in [1.807, 2.05) is 0 Å². The van der Waals surface area contributed by atoms with Crippen LogP contribution in [0.3, 0.4) is 0 Å². The highest BCUT2D eigenvalue weighted by Gasteiger charge is 2.30. The molecule has 1 aromatic rings. The predicted octanol–water partition coefficient (Wildman–Crippen LogP) is 3.24. The third kappa shape index (κ3) is 1.30. The van der Waals surface area contributed by atoms with Crippen molar-refractivity contribution in [2.24, 2.45) is 0 Å². The van der Waals surface area contributed by atoms with Crippen molar-refractivity contribution >= 4 is 6.08 Å². The second kappa shape index (κ2) is 3.13. The van der Waals surface area contributed by atoms with Crippen LogP contribution in [0.15, 0.2) is 30.0 Å². The Balaban J connectivity index is 2.12. The Bertz CT molecular complexity index is 419. The minimum absolute atomic E-state index is 0.684. The summed E-state index contributed by atoms with van der Waals surface area (Å²) in [5.74, 6) is 0.757. The van der Waals surface area contributed by atoms with E-state index in [1.165, 1.54) is 24.1 Å². The largest absolute Gasteiger partial charge is 0.375 e. The van der Waals surface area contributed by atoms with Crippen LogP contribution >= 0.6 is 0 Å². The average molecular weight is 199 g/mol. The molecule has 2 aliphatic rings. The first-order chi connectivity index (χ1) is 7.25. The van der Waals surface area contributed by atoms with Gasteiger partial charge in [-0.05, 0) is 42.9 Å². The number of allylic oxidation sites excluding steroid dienone is 1. The van der Waals surface area contributed by atoms with E-state index in [0.29, 0.717) is 6.04 Å². The minimum atomic E-state index is 0.684. The molecule has 2 unspecified atom stereocenters. The molecule has 1 fully saturated rings. The summed E-state index contributed by atoms with van der Waals surface area (Å²) in [6.07, 6.45) is 4.89. The van der Waals surface area contributed by atoms with Crippen LogP contribution in [0.1, 0.15) is 36.8 Å². The Morgan fingerprint density at radius 2 is 2.07 bits per heavy atom. The third-order valence-corrected chi connectivity index (χ3v) is 3.95. The van der Waals surface area contributed by atoms with Crippen LogP contribution in [0.25, 0.3) is 6.08 Å². The molecular weight excluding hydrogens is 182 g/mol. The van der Waals surface area contributed by atoms with E-state index >= 15 is 0 Å². The molecule has 2 atom stereocenters. The van der Waals surface area contributed by atoms with Gasteiger partial charge in [-0.2, -0.15) is 0 Å². The van der Waals surface area contributed by atoms with Gasteiger partial charge in [0, 0.05) is 18.8 Å². The second-order valence-electron chi connectivity index (χ2n) is 4.86. The van der Waals surface area contributed by atoms with Crippen LogP contribution in [0.5, 0.6) is 0 Å². The van der Waals surface area contributed by atoms with Gasteiger partial charge in [0.2, 0.25) is 0 Å². The lowest BCUT2D eigenvalue weighted by atomic mass is 9.78. The molecule has 0 N–H and O–H groups in total. The van der Waals surface area contributed by atoms with Crippen molar-refractivity contribution in [2.75, 3.05) is 7.05 Å². The van der Waals surface area contributed by atoms with Gasteiger partial charge in [-0.1, -0.05) is 24.3 Å². The van der Waals surface area contributed by atoms with Gasteiger partial charge in [-0.15, -0.1) is 0 Å². The lowest BCUT2D eigenvalue weighted by molar-refractivity contribution is 0.237. The molecule has 0 amide bonds. The highest BCUT2D eigenvalue weighted by molar-refractivity contribution is 5.61. The fourth-order valence-electron chi connectivity index (χ4n) is 2.92. The average Bonchev–Trinajstić information content (AvgIpc) is 2.26. The van der Waals surface area contributed by atoms with E-state index in [-0.39, 0.29) is 0 Å². The van der Waals surface area contributed by atoms with Gasteiger partial charge in [0.05, 0.1) is 0 Å². The van der Waals surface area contributed by atoms with E-state index in [2.05, 4.69) is 49.2 Å². The molecule has 78 valence electrons. The maximum absolute atomic E-state index is 2.44. The zero-order valence-electron chi connectivity index (χ0n) is 9.40. The van der Waals surface area contributed by atoms with Crippen molar-refractivity contribution in [3.63, 3.8) is 0 Å². The SMILES string of the molecule is CC1CC2CC(=Cc3ccccc32)N1C. The quantitative estimate of drug-likeness (QED) is 0.620. The third-order valence-electron chi connectivity index (χ3n) is 3.95. The van der Waals surface area contributed by atoms with Gasteiger partial charge >= 0.3 is 0 Å². The standard InChI is InChI=1S/C14H17N/c1-10-7-12-9-13(15(10)2)8-11-5-3-4-6-14(11)12/h3-6,8,10,12H,7,9H2,1-2H3. The Kier molecular flexibility index (Phi) is 1.88. The maximum Gasteiger partial charge on any atom is 0.0261 e. The van der Waals surface area contributed by atoms with Gasteiger partial charge in [-0.25, -0.2) is 0 Å². The Hall–Kier alpha value is -1.24. The van der Waals surface area contributed by atoms with Gasteiger partial charge in [0.25, 0.3) is 0 Å². The first-order valence-electron chi connectivity index (χ1n) is 5.78. The minimum Gasteiger partial charge on any atom is -0.375 e. The number of hydrogen-bond acceptors (Lipinski definition) is 1. The zero-order valence-corrected chi connectivity index (χ0v) is 9.40. The van der Waals surface area contributed by atoms with E-state index in [4.69, 9.17) is 0 Å². The van der Waals surface area contributed by atoms with E-state index in [9.17, 15) is 0 Å². The van der Waals surface area contributed by atoms with Gasteiger partial charge in [0.15, 0.2) is 0 Å². The van der Waals surface area contributed by atoms with Crippen LogP contribution in [-0.4, -0.2) is 18.0 Å². The van der Waals surface area contributed by atoms with Crippen LogP contribution in [0.2, 0.25) is 0 Å². The van der Waals surface area contributed by atoms with Gasteiger partial charge in [0.1, 0.15) is 0 Å². The summed E-state index contributed by atoms with van der Waals surface area (Å²) in [6.45, 7) is 2.33. The molecular formula is C14H17N. The lowest BCUT2D eigenvalue weighted by Crippen LogP contribution is -2.36. The number of hydrogen-bond donors (Lipinski definition) is 0. The summed E-state index contributed by atoms with van der Waals surface area (Å²) in [4.78, 5) is 2.44. The first kappa shape index (κ1) is 9.02. The summed E-state index contributed by atoms with van der Waals surface area (Å²) < 4.78 is 0. The molecule has 3 rings (SSSR count).